The lowest BCUT2D eigenvalue weighted by Gasteiger charge is -2.19. The number of hydrogen-bond donors (Lipinski definition) is 0. The fourth-order valence-electron chi connectivity index (χ4n) is 2.49. The van der Waals surface area contributed by atoms with Gasteiger partial charge in [-0.1, -0.05) is 11.3 Å². The molecular formula is C14H14F3N5O. The summed E-state index contributed by atoms with van der Waals surface area (Å²) in [6.45, 7) is 1.55. The molecule has 23 heavy (non-hydrogen) atoms. The summed E-state index contributed by atoms with van der Waals surface area (Å²) in [6, 6.07) is 3.58. The number of carbonyl (C=O) groups is 1. The van der Waals surface area contributed by atoms with E-state index in [0.29, 0.717) is 19.6 Å². The summed E-state index contributed by atoms with van der Waals surface area (Å²) in [5.41, 5.74) is -0.0606. The molecule has 0 N–H and O–H groups in total. The van der Waals surface area contributed by atoms with Gasteiger partial charge in [-0.2, -0.15) is 13.2 Å². The third-order valence-electron chi connectivity index (χ3n) is 3.63. The number of rotatable bonds is 2. The Balaban J connectivity index is 1.72. The van der Waals surface area contributed by atoms with Gasteiger partial charge in [-0.05, 0) is 18.6 Å². The Kier molecular flexibility index (Phi) is 4.01. The van der Waals surface area contributed by atoms with Gasteiger partial charge >= 0.3 is 6.18 Å². The number of aryl methyl sites for hydroxylation is 1. The summed E-state index contributed by atoms with van der Waals surface area (Å²) in [6.07, 6.45) is -2.36. The lowest BCUT2D eigenvalue weighted by molar-refractivity contribution is -0.141. The maximum atomic E-state index is 12.7. The molecule has 3 rings (SSSR count). The number of amides is 1. The highest BCUT2D eigenvalue weighted by Gasteiger charge is 2.32. The molecule has 0 fully saturated rings. The van der Waals surface area contributed by atoms with E-state index in [4.69, 9.17) is 0 Å². The molecule has 0 aliphatic carbocycles. The molecule has 0 aromatic carbocycles. The largest absolute Gasteiger partial charge is 0.433 e. The van der Waals surface area contributed by atoms with Crippen molar-refractivity contribution in [3.63, 3.8) is 0 Å². The van der Waals surface area contributed by atoms with E-state index in [1.807, 2.05) is 0 Å². The molecule has 0 saturated heterocycles. The average Bonchev–Trinajstić information content (AvgIpc) is 2.83. The lowest BCUT2D eigenvalue weighted by Crippen LogP contribution is -2.32. The summed E-state index contributed by atoms with van der Waals surface area (Å²) in [5.74, 6) is -0.258. The highest BCUT2D eigenvalue weighted by atomic mass is 19.4. The molecule has 1 amide bonds. The Hall–Kier alpha value is -2.45. The van der Waals surface area contributed by atoms with Crippen LogP contribution in [0, 0.1) is 0 Å². The first-order valence-corrected chi connectivity index (χ1v) is 7.12. The third kappa shape index (κ3) is 3.49. The van der Waals surface area contributed by atoms with Crippen molar-refractivity contribution >= 4 is 5.91 Å². The van der Waals surface area contributed by atoms with E-state index in [2.05, 4.69) is 15.3 Å². The quantitative estimate of drug-likeness (QED) is 0.842. The first-order chi connectivity index (χ1) is 10.9. The van der Waals surface area contributed by atoms with Gasteiger partial charge in [0.25, 0.3) is 0 Å². The number of fused-ring (bicyclic) bond motifs is 1. The summed E-state index contributed by atoms with van der Waals surface area (Å²) in [5, 5.41) is 7.72. The fourth-order valence-corrected chi connectivity index (χ4v) is 2.49. The van der Waals surface area contributed by atoms with Crippen LogP contribution in [0.4, 0.5) is 13.2 Å². The molecule has 122 valence electrons. The number of halogens is 3. The first kappa shape index (κ1) is 15.4. The Morgan fingerprint density at radius 3 is 2.87 bits per heavy atom. The Labute approximate surface area is 129 Å². The predicted octanol–water partition coefficient (Wildman–Crippen LogP) is 1.67. The van der Waals surface area contributed by atoms with Gasteiger partial charge in [-0.25, -0.2) is 9.67 Å². The molecule has 1 aliphatic heterocycles. The lowest BCUT2D eigenvalue weighted by atomic mass is 10.2. The monoisotopic (exact) mass is 325 g/mol. The maximum absolute atomic E-state index is 12.7. The van der Waals surface area contributed by atoms with Crippen LogP contribution in [0.15, 0.2) is 24.4 Å². The highest BCUT2D eigenvalue weighted by Crippen LogP contribution is 2.27. The van der Waals surface area contributed by atoms with Crippen LogP contribution < -0.4 is 0 Å². The molecule has 0 spiro atoms. The zero-order chi connectivity index (χ0) is 16.4. The second-order valence-corrected chi connectivity index (χ2v) is 5.31. The van der Waals surface area contributed by atoms with Gasteiger partial charge < -0.3 is 4.90 Å². The summed E-state index contributed by atoms with van der Waals surface area (Å²) in [4.78, 5) is 17.5. The summed E-state index contributed by atoms with van der Waals surface area (Å²) >= 11 is 0. The first-order valence-electron chi connectivity index (χ1n) is 7.12. The van der Waals surface area contributed by atoms with Crippen LogP contribution in [-0.4, -0.2) is 37.3 Å². The zero-order valence-corrected chi connectivity index (χ0v) is 12.1. The fraction of sp³-hybridized carbons (Fsp3) is 0.429. The van der Waals surface area contributed by atoms with Gasteiger partial charge in [-0.15, -0.1) is 5.10 Å². The predicted molar refractivity (Wildman–Crippen MR) is 73.0 cm³/mol. The number of carbonyl (C=O) groups excluding carboxylic acids is 1. The van der Waals surface area contributed by atoms with E-state index in [1.165, 1.54) is 12.1 Å². The molecule has 9 heteroatoms. The number of pyridine rings is 1. The molecule has 0 atom stereocenters. The molecule has 3 heterocycles. The molecule has 0 unspecified atom stereocenters. The standard InChI is InChI=1S/C14H14F3N5O/c15-14(16,17)12-4-1-3-10(19-12)7-13(23)21-5-2-6-22-11(9-21)8-18-20-22/h1,3-4,8H,2,5-7,9H2. The third-order valence-corrected chi connectivity index (χ3v) is 3.63. The van der Waals surface area contributed by atoms with Crippen LogP contribution in [-0.2, 0) is 30.5 Å². The van der Waals surface area contributed by atoms with Crippen LogP contribution in [0.5, 0.6) is 0 Å². The number of nitrogens with zero attached hydrogens (tertiary/aromatic N) is 5. The minimum Gasteiger partial charge on any atom is -0.336 e. The average molecular weight is 325 g/mol. The second kappa shape index (κ2) is 5.98. The van der Waals surface area contributed by atoms with Crippen LogP contribution in [0.25, 0.3) is 0 Å². The van der Waals surface area contributed by atoms with E-state index in [0.717, 1.165) is 18.2 Å². The Bertz CT molecular complexity index is 712. The van der Waals surface area contributed by atoms with Crippen LogP contribution in [0.1, 0.15) is 23.5 Å². The van der Waals surface area contributed by atoms with Crippen molar-refractivity contribution in [2.75, 3.05) is 6.54 Å². The molecule has 0 bridgehead atoms. The zero-order valence-electron chi connectivity index (χ0n) is 12.1. The minimum absolute atomic E-state index is 0.112. The summed E-state index contributed by atoms with van der Waals surface area (Å²) in [7, 11) is 0. The van der Waals surface area contributed by atoms with Crippen molar-refractivity contribution in [2.24, 2.45) is 0 Å². The van der Waals surface area contributed by atoms with Crippen LogP contribution in [0.3, 0.4) is 0 Å². The van der Waals surface area contributed by atoms with Gasteiger partial charge in [0.15, 0.2) is 0 Å². The van der Waals surface area contributed by atoms with Crippen molar-refractivity contribution in [3.05, 3.63) is 41.5 Å². The van der Waals surface area contributed by atoms with Crippen molar-refractivity contribution in [1.29, 1.82) is 0 Å². The molecule has 6 nitrogen and oxygen atoms in total. The van der Waals surface area contributed by atoms with E-state index >= 15 is 0 Å². The van der Waals surface area contributed by atoms with Crippen molar-refractivity contribution in [3.8, 4) is 0 Å². The maximum Gasteiger partial charge on any atom is 0.433 e. The summed E-state index contributed by atoms with van der Waals surface area (Å²) < 4.78 is 39.7. The Morgan fingerprint density at radius 2 is 2.09 bits per heavy atom. The van der Waals surface area contributed by atoms with Crippen molar-refractivity contribution < 1.29 is 18.0 Å². The minimum atomic E-state index is -4.51. The molecule has 1 aliphatic rings. The second-order valence-electron chi connectivity index (χ2n) is 5.31. The number of aromatic nitrogens is 4. The number of hydrogen-bond acceptors (Lipinski definition) is 4. The van der Waals surface area contributed by atoms with Gasteiger partial charge in [0.1, 0.15) is 5.69 Å². The molecule has 0 saturated carbocycles. The molecule has 2 aromatic rings. The highest BCUT2D eigenvalue weighted by molar-refractivity contribution is 5.78. The normalized spacial score (nSPS) is 15.2. The topological polar surface area (TPSA) is 63.9 Å². The van der Waals surface area contributed by atoms with E-state index < -0.39 is 11.9 Å². The van der Waals surface area contributed by atoms with Gasteiger partial charge in [0.2, 0.25) is 5.91 Å². The molecular weight excluding hydrogens is 311 g/mol. The van der Waals surface area contributed by atoms with Gasteiger partial charge in [-0.3, -0.25) is 4.79 Å². The smallest absolute Gasteiger partial charge is 0.336 e. The SMILES string of the molecule is O=C(Cc1cccc(C(F)(F)F)n1)N1CCCn2nncc2C1. The molecule has 2 aromatic heterocycles. The van der Waals surface area contributed by atoms with E-state index in [9.17, 15) is 18.0 Å². The van der Waals surface area contributed by atoms with Crippen LogP contribution >= 0.6 is 0 Å². The van der Waals surface area contributed by atoms with Crippen molar-refractivity contribution in [2.45, 2.75) is 32.1 Å². The van der Waals surface area contributed by atoms with Crippen molar-refractivity contribution in [1.82, 2.24) is 24.9 Å². The van der Waals surface area contributed by atoms with E-state index in [-0.39, 0.29) is 18.0 Å². The van der Waals surface area contributed by atoms with Crippen LogP contribution in [0.2, 0.25) is 0 Å². The Morgan fingerprint density at radius 1 is 1.26 bits per heavy atom. The van der Waals surface area contributed by atoms with E-state index in [1.54, 1.807) is 15.8 Å². The molecule has 0 radical (unpaired) electrons. The van der Waals surface area contributed by atoms with Gasteiger partial charge in [0.05, 0.1) is 30.6 Å². The number of alkyl halides is 3. The van der Waals surface area contributed by atoms with Gasteiger partial charge in [0, 0.05) is 13.1 Å².